The molecular weight excluding hydrogens is 240 g/mol. The first-order chi connectivity index (χ1) is 7.96. The number of hydrogen-bond donors (Lipinski definition) is 2. The molecule has 1 aromatic rings. The zero-order chi connectivity index (χ0) is 12.5. The van der Waals surface area contributed by atoms with Gasteiger partial charge in [-0.2, -0.15) is 0 Å². The van der Waals surface area contributed by atoms with Crippen LogP contribution in [0, 0.1) is 5.92 Å². The van der Waals surface area contributed by atoms with Gasteiger partial charge in [0.25, 0.3) is 0 Å². The van der Waals surface area contributed by atoms with Crippen LogP contribution < -0.4 is 11.1 Å². The van der Waals surface area contributed by atoms with E-state index in [1.165, 1.54) is 0 Å². The molecule has 17 heavy (non-hydrogen) atoms. The lowest BCUT2D eigenvalue weighted by molar-refractivity contribution is -0.119. The summed E-state index contributed by atoms with van der Waals surface area (Å²) in [6.07, 6.45) is 0.399. The highest BCUT2D eigenvalue weighted by molar-refractivity contribution is 7.91. The topological polar surface area (TPSA) is 89.3 Å². The monoisotopic (exact) mass is 254 g/mol. The van der Waals surface area contributed by atoms with Crippen LogP contribution in [0.2, 0.25) is 0 Å². The van der Waals surface area contributed by atoms with E-state index in [0.29, 0.717) is 17.8 Å². The number of hydrogen-bond acceptors (Lipinski definition) is 4. The predicted octanol–water partition coefficient (Wildman–Crippen LogP) is 0.642. The molecule has 1 unspecified atom stereocenters. The van der Waals surface area contributed by atoms with Gasteiger partial charge < -0.3 is 11.1 Å². The number of nitrogens with one attached hydrogen (secondary N) is 1. The Morgan fingerprint density at radius 2 is 2.18 bits per heavy atom. The van der Waals surface area contributed by atoms with Gasteiger partial charge in [0, 0.05) is 11.4 Å². The van der Waals surface area contributed by atoms with Gasteiger partial charge in [-0.15, -0.1) is 0 Å². The number of amides is 1. The average molecular weight is 254 g/mol. The lowest BCUT2D eigenvalue weighted by Crippen LogP contribution is -2.23. The Kier molecular flexibility index (Phi) is 3.06. The number of carbonyl (C=O) groups is 1. The van der Waals surface area contributed by atoms with E-state index in [4.69, 9.17) is 5.73 Å². The summed E-state index contributed by atoms with van der Waals surface area (Å²) in [6.45, 7) is 0. The number of nitrogen functional groups attached to an aromatic ring is 1. The lowest BCUT2D eigenvalue weighted by atomic mass is 10.1. The van der Waals surface area contributed by atoms with Crippen molar-refractivity contribution in [2.24, 2.45) is 5.92 Å². The Bertz CT molecular complexity index is 539. The van der Waals surface area contributed by atoms with E-state index in [2.05, 4.69) is 5.32 Å². The summed E-state index contributed by atoms with van der Waals surface area (Å²) < 4.78 is 22.5. The second kappa shape index (κ2) is 4.37. The molecule has 2 rings (SSSR count). The van der Waals surface area contributed by atoms with E-state index >= 15 is 0 Å². The minimum atomic E-state index is -3.03. The van der Waals surface area contributed by atoms with Crippen molar-refractivity contribution in [1.82, 2.24) is 0 Å². The average Bonchev–Trinajstić information content (AvgIpc) is 2.59. The third-order valence-electron chi connectivity index (χ3n) is 2.76. The maximum absolute atomic E-state index is 11.8. The number of sulfone groups is 1. The van der Waals surface area contributed by atoms with Crippen molar-refractivity contribution < 1.29 is 13.2 Å². The summed E-state index contributed by atoms with van der Waals surface area (Å²) in [6, 6.07) is 6.81. The zero-order valence-corrected chi connectivity index (χ0v) is 10.0. The maximum atomic E-state index is 11.8. The Balaban J connectivity index is 2.03. The largest absolute Gasteiger partial charge is 0.399 e. The fraction of sp³-hybridized carbons (Fsp3) is 0.364. The van der Waals surface area contributed by atoms with E-state index < -0.39 is 15.8 Å². The quantitative estimate of drug-likeness (QED) is 0.758. The number of rotatable bonds is 2. The second-order valence-electron chi connectivity index (χ2n) is 4.21. The van der Waals surface area contributed by atoms with Crippen molar-refractivity contribution in [2.75, 3.05) is 22.6 Å². The van der Waals surface area contributed by atoms with Crippen LogP contribution in [0.3, 0.4) is 0 Å². The summed E-state index contributed by atoms with van der Waals surface area (Å²) >= 11 is 0. The first-order valence-corrected chi connectivity index (χ1v) is 7.15. The zero-order valence-electron chi connectivity index (χ0n) is 9.22. The molecular formula is C11H14N2O3S. The molecule has 1 atom stereocenters. The molecule has 92 valence electrons. The van der Waals surface area contributed by atoms with Crippen LogP contribution in [0.5, 0.6) is 0 Å². The molecule has 1 fully saturated rings. The van der Waals surface area contributed by atoms with E-state index in [9.17, 15) is 13.2 Å². The van der Waals surface area contributed by atoms with Crippen molar-refractivity contribution in [1.29, 1.82) is 0 Å². The standard InChI is InChI=1S/C11H14N2O3S/c12-9-2-1-3-10(6-9)13-11(14)8-4-5-17(15,16)7-8/h1-3,6,8H,4-5,7,12H2,(H,13,14). The van der Waals surface area contributed by atoms with Crippen LogP contribution in [0.25, 0.3) is 0 Å². The molecule has 0 aliphatic carbocycles. The highest BCUT2D eigenvalue weighted by Gasteiger charge is 2.32. The molecule has 0 radical (unpaired) electrons. The van der Waals surface area contributed by atoms with Crippen LogP contribution in [0.1, 0.15) is 6.42 Å². The SMILES string of the molecule is Nc1cccc(NC(=O)C2CCS(=O)(=O)C2)c1. The third kappa shape index (κ3) is 2.97. The molecule has 1 aliphatic heterocycles. The van der Waals surface area contributed by atoms with Crippen LogP contribution >= 0.6 is 0 Å². The Morgan fingerprint density at radius 3 is 2.76 bits per heavy atom. The molecule has 5 nitrogen and oxygen atoms in total. The van der Waals surface area contributed by atoms with Gasteiger partial charge in [-0.25, -0.2) is 8.42 Å². The molecule has 1 heterocycles. The van der Waals surface area contributed by atoms with Crippen LogP contribution in [-0.4, -0.2) is 25.8 Å². The van der Waals surface area contributed by atoms with E-state index in [-0.39, 0.29) is 17.4 Å². The highest BCUT2D eigenvalue weighted by atomic mass is 32.2. The van der Waals surface area contributed by atoms with Gasteiger partial charge in [0.15, 0.2) is 9.84 Å². The van der Waals surface area contributed by atoms with E-state index in [1.54, 1.807) is 24.3 Å². The summed E-state index contributed by atoms with van der Waals surface area (Å²) in [4.78, 5) is 11.8. The van der Waals surface area contributed by atoms with Gasteiger partial charge >= 0.3 is 0 Å². The first-order valence-electron chi connectivity index (χ1n) is 5.33. The van der Waals surface area contributed by atoms with Gasteiger partial charge in [0.2, 0.25) is 5.91 Å². The first kappa shape index (κ1) is 11.9. The number of anilines is 2. The molecule has 0 saturated carbocycles. The third-order valence-corrected chi connectivity index (χ3v) is 4.53. The van der Waals surface area contributed by atoms with Crippen molar-refractivity contribution in [2.45, 2.75) is 6.42 Å². The fourth-order valence-corrected chi connectivity index (χ4v) is 3.60. The maximum Gasteiger partial charge on any atom is 0.228 e. The predicted molar refractivity (Wildman–Crippen MR) is 66.2 cm³/mol. The molecule has 0 bridgehead atoms. The molecule has 1 amide bonds. The van der Waals surface area contributed by atoms with Crippen LogP contribution in [-0.2, 0) is 14.6 Å². The summed E-state index contributed by atoms with van der Waals surface area (Å²) in [5, 5.41) is 2.68. The summed E-state index contributed by atoms with van der Waals surface area (Å²) in [5.74, 6) is -0.651. The molecule has 1 aromatic carbocycles. The number of nitrogens with two attached hydrogens (primary N) is 1. The number of benzene rings is 1. The van der Waals surface area contributed by atoms with Crippen molar-refractivity contribution in [3.8, 4) is 0 Å². The normalized spacial score (nSPS) is 22.2. The van der Waals surface area contributed by atoms with Gasteiger partial charge in [0.05, 0.1) is 17.4 Å². The van der Waals surface area contributed by atoms with Crippen molar-refractivity contribution in [3.05, 3.63) is 24.3 Å². The minimum Gasteiger partial charge on any atom is -0.399 e. The van der Waals surface area contributed by atoms with Crippen LogP contribution in [0.15, 0.2) is 24.3 Å². The lowest BCUT2D eigenvalue weighted by Gasteiger charge is -2.09. The van der Waals surface area contributed by atoms with Gasteiger partial charge in [-0.1, -0.05) is 6.07 Å². The smallest absolute Gasteiger partial charge is 0.228 e. The molecule has 0 aromatic heterocycles. The minimum absolute atomic E-state index is 0.0544. The summed E-state index contributed by atoms with van der Waals surface area (Å²) in [5.41, 5.74) is 6.74. The highest BCUT2D eigenvalue weighted by Crippen LogP contribution is 2.21. The Labute approximate surface area is 99.9 Å². The Morgan fingerprint density at radius 1 is 1.41 bits per heavy atom. The molecule has 0 spiro atoms. The molecule has 1 saturated heterocycles. The molecule has 3 N–H and O–H groups in total. The second-order valence-corrected chi connectivity index (χ2v) is 6.44. The number of carbonyl (C=O) groups excluding carboxylic acids is 1. The molecule has 6 heteroatoms. The molecule has 1 aliphatic rings. The van der Waals surface area contributed by atoms with Gasteiger partial charge in [0.1, 0.15) is 0 Å². The fourth-order valence-electron chi connectivity index (χ4n) is 1.86. The van der Waals surface area contributed by atoms with Gasteiger partial charge in [-0.05, 0) is 24.6 Å². The van der Waals surface area contributed by atoms with Crippen molar-refractivity contribution >= 4 is 27.1 Å². The van der Waals surface area contributed by atoms with Gasteiger partial charge in [-0.3, -0.25) is 4.79 Å². The van der Waals surface area contributed by atoms with Crippen molar-refractivity contribution in [3.63, 3.8) is 0 Å². The summed E-state index contributed by atoms with van der Waals surface area (Å²) in [7, 11) is -3.03. The van der Waals surface area contributed by atoms with E-state index in [0.717, 1.165) is 0 Å². The van der Waals surface area contributed by atoms with Crippen LogP contribution in [0.4, 0.5) is 11.4 Å². The van der Waals surface area contributed by atoms with E-state index in [1.807, 2.05) is 0 Å². The Hall–Kier alpha value is -1.56.